The normalized spacial score (nSPS) is 22.8. The van der Waals surface area contributed by atoms with E-state index in [0.29, 0.717) is 18.8 Å². The van der Waals surface area contributed by atoms with Crippen molar-refractivity contribution in [2.24, 2.45) is 5.92 Å². The summed E-state index contributed by atoms with van der Waals surface area (Å²) >= 11 is 0. The Morgan fingerprint density at radius 1 is 1.62 bits per heavy atom. The van der Waals surface area contributed by atoms with E-state index < -0.39 is 0 Å². The van der Waals surface area contributed by atoms with Gasteiger partial charge in [-0.15, -0.1) is 0 Å². The van der Waals surface area contributed by atoms with Crippen molar-refractivity contribution in [3.05, 3.63) is 0 Å². The van der Waals surface area contributed by atoms with Crippen molar-refractivity contribution in [3.63, 3.8) is 0 Å². The van der Waals surface area contributed by atoms with Crippen LogP contribution in [-0.2, 0) is 4.79 Å². The van der Waals surface area contributed by atoms with E-state index in [9.17, 15) is 4.79 Å². The van der Waals surface area contributed by atoms with Gasteiger partial charge in [-0.2, -0.15) is 0 Å². The van der Waals surface area contributed by atoms with Gasteiger partial charge in [-0.25, -0.2) is 0 Å². The van der Waals surface area contributed by atoms with Crippen molar-refractivity contribution < 1.29 is 9.90 Å². The van der Waals surface area contributed by atoms with Crippen LogP contribution in [0, 0.1) is 5.92 Å². The summed E-state index contributed by atoms with van der Waals surface area (Å²) in [6, 6.07) is 0.133. The molecule has 0 aliphatic carbocycles. The van der Waals surface area contributed by atoms with Crippen LogP contribution in [0.25, 0.3) is 0 Å². The predicted octanol–water partition coefficient (Wildman–Crippen LogP) is 0.653. The third-order valence-corrected chi connectivity index (χ3v) is 3.21. The van der Waals surface area contributed by atoms with Crippen LogP contribution in [0.3, 0.4) is 0 Å². The monoisotopic (exact) mass is 228 g/mol. The number of aliphatic hydroxyl groups is 1. The van der Waals surface area contributed by atoms with Crippen LogP contribution in [0.4, 0.5) is 0 Å². The molecule has 2 unspecified atom stereocenters. The van der Waals surface area contributed by atoms with E-state index in [1.54, 1.807) is 0 Å². The first-order chi connectivity index (χ1) is 7.76. The lowest BCUT2D eigenvalue weighted by Crippen LogP contribution is -2.38. The van der Waals surface area contributed by atoms with Crippen LogP contribution >= 0.6 is 0 Å². The molecule has 3 N–H and O–H groups in total. The number of carbonyl (C=O) groups excluding carboxylic acids is 1. The molecule has 1 heterocycles. The molecule has 1 aliphatic rings. The summed E-state index contributed by atoms with van der Waals surface area (Å²) < 4.78 is 0. The predicted molar refractivity (Wildman–Crippen MR) is 64.1 cm³/mol. The molecule has 16 heavy (non-hydrogen) atoms. The van der Waals surface area contributed by atoms with Crippen molar-refractivity contribution in [2.45, 2.75) is 45.1 Å². The highest BCUT2D eigenvalue weighted by Gasteiger charge is 2.18. The summed E-state index contributed by atoms with van der Waals surface area (Å²) in [6.45, 7) is 4.22. The zero-order valence-electron chi connectivity index (χ0n) is 10.2. The number of hydrogen-bond donors (Lipinski definition) is 3. The first kappa shape index (κ1) is 13.5. The van der Waals surface area contributed by atoms with Crippen LogP contribution in [-0.4, -0.2) is 36.8 Å². The van der Waals surface area contributed by atoms with Gasteiger partial charge in [0.2, 0.25) is 5.91 Å². The van der Waals surface area contributed by atoms with Crippen molar-refractivity contribution in [3.8, 4) is 0 Å². The zero-order valence-corrected chi connectivity index (χ0v) is 10.2. The molecule has 94 valence electrons. The molecule has 0 saturated carbocycles. The summed E-state index contributed by atoms with van der Waals surface area (Å²) in [4.78, 5) is 11.7. The second kappa shape index (κ2) is 7.63. The van der Waals surface area contributed by atoms with Gasteiger partial charge in [0.05, 0.1) is 0 Å². The van der Waals surface area contributed by atoms with Crippen LogP contribution in [0.15, 0.2) is 0 Å². The molecular formula is C12H24N2O2. The SMILES string of the molecule is CCC(CCO)NC(=O)CC1CCCNC1. The highest BCUT2D eigenvalue weighted by molar-refractivity contribution is 5.76. The second-order valence-electron chi connectivity index (χ2n) is 4.60. The third kappa shape index (κ3) is 4.94. The lowest BCUT2D eigenvalue weighted by molar-refractivity contribution is -0.123. The standard InChI is InChI=1S/C12H24N2O2/c1-2-11(5-7-15)14-12(16)8-10-4-3-6-13-9-10/h10-11,13,15H,2-9H2,1H3,(H,14,16). The summed E-state index contributed by atoms with van der Waals surface area (Å²) in [6.07, 6.45) is 4.48. The Kier molecular flexibility index (Phi) is 6.42. The Labute approximate surface area is 97.8 Å². The fourth-order valence-electron chi connectivity index (χ4n) is 2.18. The van der Waals surface area contributed by atoms with E-state index >= 15 is 0 Å². The fourth-order valence-corrected chi connectivity index (χ4v) is 2.18. The maximum absolute atomic E-state index is 11.7. The molecule has 0 aromatic rings. The zero-order chi connectivity index (χ0) is 11.8. The minimum Gasteiger partial charge on any atom is -0.396 e. The average molecular weight is 228 g/mol. The van der Waals surface area contributed by atoms with Crippen LogP contribution in [0.1, 0.15) is 39.0 Å². The maximum atomic E-state index is 11.7. The summed E-state index contributed by atoms with van der Waals surface area (Å²) in [5.74, 6) is 0.620. The first-order valence-electron chi connectivity index (χ1n) is 6.37. The van der Waals surface area contributed by atoms with Gasteiger partial charge in [0.1, 0.15) is 0 Å². The van der Waals surface area contributed by atoms with E-state index in [1.807, 2.05) is 6.92 Å². The van der Waals surface area contributed by atoms with E-state index in [2.05, 4.69) is 10.6 Å². The van der Waals surface area contributed by atoms with E-state index in [4.69, 9.17) is 5.11 Å². The Morgan fingerprint density at radius 3 is 3.00 bits per heavy atom. The molecule has 0 bridgehead atoms. The highest BCUT2D eigenvalue weighted by Crippen LogP contribution is 2.14. The van der Waals surface area contributed by atoms with Gasteiger partial charge >= 0.3 is 0 Å². The molecule has 0 radical (unpaired) electrons. The fraction of sp³-hybridized carbons (Fsp3) is 0.917. The number of hydrogen-bond acceptors (Lipinski definition) is 3. The van der Waals surface area contributed by atoms with Crippen LogP contribution in [0.5, 0.6) is 0 Å². The smallest absolute Gasteiger partial charge is 0.220 e. The van der Waals surface area contributed by atoms with Crippen molar-refractivity contribution >= 4 is 5.91 Å². The Hall–Kier alpha value is -0.610. The molecule has 0 aromatic carbocycles. The maximum Gasteiger partial charge on any atom is 0.220 e. The topological polar surface area (TPSA) is 61.4 Å². The Morgan fingerprint density at radius 2 is 2.44 bits per heavy atom. The Balaban J connectivity index is 2.22. The van der Waals surface area contributed by atoms with Crippen LogP contribution in [0.2, 0.25) is 0 Å². The quantitative estimate of drug-likeness (QED) is 0.625. The molecule has 4 nitrogen and oxygen atoms in total. The van der Waals surface area contributed by atoms with Crippen molar-refractivity contribution in [1.82, 2.24) is 10.6 Å². The van der Waals surface area contributed by atoms with Gasteiger partial charge in [-0.05, 0) is 44.7 Å². The van der Waals surface area contributed by atoms with E-state index in [-0.39, 0.29) is 18.6 Å². The molecule has 1 rings (SSSR count). The van der Waals surface area contributed by atoms with Gasteiger partial charge in [-0.3, -0.25) is 4.79 Å². The molecule has 0 aromatic heterocycles. The Bertz CT molecular complexity index is 194. The molecule has 1 fully saturated rings. The molecule has 1 amide bonds. The number of rotatable bonds is 6. The summed E-state index contributed by atoms with van der Waals surface area (Å²) in [5.41, 5.74) is 0. The number of piperidine rings is 1. The van der Waals surface area contributed by atoms with Gasteiger partial charge in [-0.1, -0.05) is 6.92 Å². The van der Waals surface area contributed by atoms with Crippen molar-refractivity contribution in [1.29, 1.82) is 0 Å². The van der Waals surface area contributed by atoms with Gasteiger partial charge in [0.25, 0.3) is 0 Å². The lowest BCUT2D eigenvalue weighted by Gasteiger charge is -2.23. The molecule has 4 heteroatoms. The second-order valence-corrected chi connectivity index (χ2v) is 4.60. The van der Waals surface area contributed by atoms with E-state index in [0.717, 1.165) is 25.9 Å². The third-order valence-electron chi connectivity index (χ3n) is 3.21. The molecular weight excluding hydrogens is 204 g/mol. The first-order valence-corrected chi connectivity index (χ1v) is 6.37. The molecule has 2 atom stereocenters. The molecule has 1 aliphatic heterocycles. The molecule has 1 saturated heterocycles. The number of nitrogens with one attached hydrogen (secondary N) is 2. The summed E-state index contributed by atoms with van der Waals surface area (Å²) in [5, 5.41) is 15.1. The largest absolute Gasteiger partial charge is 0.396 e. The number of aliphatic hydroxyl groups excluding tert-OH is 1. The highest BCUT2D eigenvalue weighted by atomic mass is 16.3. The number of carbonyl (C=O) groups is 1. The summed E-state index contributed by atoms with van der Waals surface area (Å²) in [7, 11) is 0. The lowest BCUT2D eigenvalue weighted by atomic mass is 9.95. The number of amides is 1. The van der Waals surface area contributed by atoms with Gasteiger partial charge in [0.15, 0.2) is 0 Å². The van der Waals surface area contributed by atoms with Gasteiger partial charge < -0.3 is 15.7 Å². The molecule has 0 spiro atoms. The average Bonchev–Trinajstić information content (AvgIpc) is 2.29. The van der Waals surface area contributed by atoms with Gasteiger partial charge in [0, 0.05) is 19.1 Å². The van der Waals surface area contributed by atoms with E-state index in [1.165, 1.54) is 6.42 Å². The van der Waals surface area contributed by atoms with Crippen molar-refractivity contribution in [2.75, 3.05) is 19.7 Å². The minimum atomic E-state index is 0.133. The minimum absolute atomic E-state index is 0.133. The van der Waals surface area contributed by atoms with Crippen LogP contribution < -0.4 is 10.6 Å².